The number of fused-ring (bicyclic) bond motifs is 25. The van der Waals surface area contributed by atoms with Crippen molar-refractivity contribution in [2.45, 2.75) is 187 Å². The summed E-state index contributed by atoms with van der Waals surface area (Å²) in [5.74, 6) is 0. The molecule has 0 amide bonds. The number of hydrogen-bond donors (Lipinski definition) is 0. The maximum absolute atomic E-state index is 7.19. The fourth-order valence-corrected chi connectivity index (χ4v) is 21.0. The Labute approximate surface area is 621 Å². The number of rotatable bonds is 18. The van der Waals surface area contributed by atoms with Crippen LogP contribution < -0.4 is 0 Å². The molecule has 0 bridgehead atoms. The minimum atomic E-state index is -0.325. The Morgan fingerprint density at radius 1 is 0.343 bits per heavy atom. The molecule has 0 spiro atoms. The number of aryl methyl sites for hydroxylation is 1. The SMILES string of the molecule is CCCCCCCC1(CCCCCCC)c2ccccc2-c2ccc(-c3ccc4c(c3)C(C)(C)c3cc(-c5cc6c(c7c5oc5ccccc57)-c5ccc(/C=C(/Cc7ccc8c(c7)C(C)(C)c7c9c(c%10oc%11ccccc%11c%10c7-8)-c7ccccc7C9(C)C)c7ccc(C)cc7)cc5C6(C)C)ccc3-4)cc21. The number of allylic oxidation sites excluding steroid dienone is 1. The highest BCUT2D eigenvalue weighted by atomic mass is 16.3. The van der Waals surface area contributed by atoms with Crippen LogP contribution in [-0.4, -0.2) is 0 Å². The van der Waals surface area contributed by atoms with E-state index in [9.17, 15) is 0 Å². The van der Waals surface area contributed by atoms with Crippen molar-refractivity contribution < 1.29 is 8.83 Å². The van der Waals surface area contributed by atoms with Gasteiger partial charge in [0.05, 0.1) is 0 Å². The highest BCUT2D eigenvalue weighted by Crippen LogP contribution is 2.65. The molecule has 105 heavy (non-hydrogen) atoms. The van der Waals surface area contributed by atoms with Gasteiger partial charge in [0, 0.05) is 59.7 Å². The first kappa shape index (κ1) is 65.7. The normalized spacial score (nSPS) is 15.9. The van der Waals surface area contributed by atoms with Gasteiger partial charge < -0.3 is 8.83 Å². The summed E-state index contributed by atoms with van der Waals surface area (Å²) in [6, 6.07) is 84.6. The van der Waals surface area contributed by atoms with E-state index in [2.05, 4.69) is 301 Å². The predicted molar refractivity (Wildman–Crippen MR) is 444 cm³/mol. The van der Waals surface area contributed by atoms with Crippen LogP contribution in [0.3, 0.4) is 0 Å². The molecule has 5 aliphatic rings. The monoisotopic (exact) mass is 1360 g/mol. The van der Waals surface area contributed by atoms with E-state index >= 15 is 0 Å². The van der Waals surface area contributed by atoms with E-state index in [4.69, 9.17) is 8.83 Å². The first-order valence-electron chi connectivity index (χ1n) is 39.6. The molecule has 12 aromatic carbocycles. The molecule has 2 aromatic heterocycles. The fourth-order valence-electron chi connectivity index (χ4n) is 21.0. The van der Waals surface area contributed by atoms with Crippen LogP contribution in [-0.2, 0) is 33.5 Å². The van der Waals surface area contributed by atoms with Crippen LogP contribution in [0.15, 0.2) is 227 Å². The lowest BCUT2D eigenvalue weighted by Crippen LogP contribution is -2.25. The van der Waals surface area contributed by atoms with Gasteiger partial charge in [-0.1, -0.05) is 327 Å². The largest absolute Gasteiger partial charge is 0.455 e. The molecule has 2 nitrogen and oxygen atoms in total. The molecule has 5 aliphatic carbocycles. The third-order valence-corrected chi connectivity index (χ3v) is 26.4. The van der Waals surface area contributed by atoms with E-state index in [-0.39, 0.29) is 27.1 Å². The fraction of sp³-hybridized carbons (Fsp3) is 0.282. The number of unbranched alkanes of at least 4 members (excludes halogenated alkanes) is 8. The van der Waals surface area contributed by atoms with Crippen molar-refractivity contribution in [1.29, 1.82) is 0 Å². The Balaban J connectivity index is 0.672. The lowest BCUT2D eigenvalue weighted by atomic mass is 9.70. The van der Waals surface area contributed by atoms with Crippen LogP contribution in [0.1, 0.15) is 224 Å². The third kappa shape index (κ3) is 9.79. The molecule has 0 saturated carbocycles. The standard InChI is InChI=1S/C103H96O2/c1-12-14-16-18-28-52-103(53-29-19-17-15-13-2)81-35-25-20-30-70(81)73-50-45-67(59-86(73)103)66-44-49-71-72-51-46-68(60-85(72)99(4,5)84(71)58-66)79-61-87-90(92-77-32-22-26-36-88(77)104-97(79)92)75-47-40-63(56-82(75)100(87,6)7)54-69(65-42-38-62(3)39-43-65)55-64-41-48-76-83(57-64)102(10,11)95-91(76)93-78-33-23-27-37-89(78)105-98(93)94-74-31-21-24-34-80(74)101(8,9)96(94)95/h20-27,30-51,54,56-61H,12-19,28-29,52-53,55H2,1-11H3/b69-54-. The zero-order valence-electron chi connectivity index (χ0n) is 63.4. The van der Waals surface area contributed by atoms with Crippen molar-refractivity contribution in [2.24, 2.45) is 0 Å². The van der Waals surface area contributed by atoms with Crippen LogP contribution in [0.25, 0.3) is 133 Å². The molecular weight excluding hydrogens is 1270 g/mol. The molecule has 0 saturated heterocycles. The zero-order chi connectivity index (χ0) is 71.6. The van der Waals surface area contributed by atoms with Crippen molar-refractivity contribution in [3.8, 4) is 77.9 Å². The smallest absolute Gasteiger partial charge is 0.144 e. The van der Waals surface area contributed by atoms with Crippen molar-refractivity contribution >= 4 is 55.5 Å². The van der Waals surface area contributed by atoms with E-state index < -0.39 is 0 Å². The summed E-state index contributed by atoms with van der Waals surface area (Å²) in [5, 5.41) is 4.79. The average Bonchev–Trinajstić information content (AvgIpc) is 1.50. The molecule has 0 radical (unpaired) electrons. The number of benzene rings is 12. The van der Waals surface area contributed by atoms with Crippen molar-refractivity contribution in [3.63, 3.8) is 0 Å². The molecule has 19 rings (SSSR count). The topological polar surface area (TPSA) is 26.3 Å². The molecule has 520 valence electrons. The molecule has 0 unspecified atom stereocenters. The molecular formula is C103H96O2. The molecule has 14 aromatic rings. The number of hydrogen-bond acceptors (Lipinski definition) is 2. The van der Waals surface area contributed by atoms with Gasteiger partial charge in [0.25, 0.3) is 0 Å². The van der Waals surface area contributed by atoms with E-state index in [1.165, 1.54) is 238 Å². The predicted octanol–water partition coefficient (Wildman–Crippen LogP) is 29.1. The highest BCUT2D eigenvalue weighted by Gasteiger charge is 2.50. The van der Waals surface area contributed by atoms with Crippen molar-refractivity contribution in [3.05, 3.63) is 296 Å². The third-order valence-electron chi connectivity index (χ3n) is 26.4. The summed E-state index contributed by atoms with van der Waals surface area (Å²) in [7, 11) is 0. The summed E-state index contributed by atoms with van der Waals surface area (Å²) in [6.45, 7) is 26.5. The van der Waals surface area contributed by atoms with E-state index in [0.29, 0.717) is 0 Å². The molecule has 0 N–H and O–H groups in total. The second kappa shape index (κ2) is 24.3. The lowest BCUT2D eigenvalue weighted by molar-refractivity contribution is 0.399. The van der Waals surface area contributed by atoms with Gasteiger partial charge >= 0.3 is 0 Å². The quantitative estimate of drug-likeness (QED) is 0.0632. The Morgan fingerprint density at radius 3 is 1.50 bits per heavy atom. The van der Waals surface area contributed by atoms with Gasteiger partial charge in [0.1, 0.15) is 22.3 Å². The van der Waals surface area contributed by atoms with E-state index in [1.807, 2.05) is 0 Å². The zero-order valence-corrected chi connectivity index (χ0v) is 63.4. The van der Waals surface area contributed by atoms with Crippen LogP contribution in [0, 0.1) is 6.92 Å². The molecule has 2 heteroatoms. The number of furan rings is 2. The summed E-state index contributed by atoms with van der Waals surface area (Å²) in [4.78, 5) is 0. The van der Waals surface area contributed by atoms with Crippen molar-refractivity contribution in [2.75, 3.05) is 0 Å². The van der Waals surface area contributed by atoms with E-state index in [0.717, 1.165) is 39.7 Å². The minimum Gasteiger partial charge on any atom is -0.455 e. The molecule has 0 fully saturated rings. The molecule has 2 heterocycles. The van der Waals surface area contributed by atoms with Crippen molar-refractivity contribution in [1.82, 2.24) is 0 Å². The highest BCUT2D eigenvalue weighted by molar-refractivity contribution is 6.22. The first-order valence-corrected chi connectivity index (χ1v) is 39.6. The van der Waals surface area contributed by atoms with Gasteiger partial charge in [0.15, 0.2) is 0 Å². The van der Waals surface area contributed by atoms with E-state index in [1.54, 1.807) is 11.1 Å². The Morgan fingerprint density at radius 2 is 0.819 bits per heavy atom. The summed E-state index contributed by atoms with van der Waals surface area (Å²) < 4.78 is 14.2. The summed E-state index contributed by atoms with van der Waals surface area (Å²) >= 11 is 0. The second-order valence-electron chi connectivity index (χ2n) is 34.1. The summed E-state index contributed by atoms with van der Waals surface area (Å²) in [6.07, 6.45) is 18.7. The van der Waals surface area contributed by atoms with Gasteiger partial charge in [-0.2, -0.15) is 0 Å². The second-order valence-corrected chi connectivity index (χ2v) is 34.1. The summed E-state index contributed by atoms with van der Waals surface area (Å²) in [5.41, 5.74) is 41.6. The van der Waals surface area contributed by atoms with Gasteiger partial charge in [0.2, 0.25) is 0 Å². The average molecular weight is 1370 g/mol. The lowest BCUT2D eigenvalue weighted by Gasteiger charge is -2.33. The van der Waals surface area contributed by atoms with Crippen LogP contribution in [0.4, 0.5) is 0 Å². The minimum absolute atomic E-state index is 0.0367. The Hall–Kier alpha value is -10.0. The van der Waals surface area contributed by atoms with Crippen LogP contribution in [0.5, 0.6) is 0 Å². The maximum atomic E-state index is 7.19. The Bertz CT molecular complexity index is 5960. The van der Waals surface area contributed by atoms with Gasteiger partial charge in [-0.25, -0.2) is 0 Å². The number of para-hydroxylation sites is 2. The molecule has 0 atom stereocenters. The van der Waals surface area contributed by atoms with Crippen LogP contribution >= 0.6 is 0 Å². The first-order chi connectivity index (χ1) is 50.9. The Kier molecular flexibility index (Phi) is 15.2. The van der Waals surface area contributed by atoms with Gasteiger partial charge in [-0.3, -0.25) is 0 Å². The van der Waals surface area contributed by atoms with Gasteiger partial charge in [-0.05, 0) is 207 Å². The maximum Gasteiger partial charge on any atom is 0.144 e. The van der Waals surface area contributed by atoms with Gasteiger partial charge in [-0.15, -0.1) is 0 Å². The van der Waals surface area contributed by atoms with Crippen LogP contribution in [0.2, 0.25) is 0 Å². The molecule has 0 aliphatic heterocycles.